The molecule has 0 aromatic carbocycles. The molecule has 2 aromatic heterocycles. The Labute approximate surface area is 139 Å². The van der Waals surface area contributed by atoms with Gasteiger partial charge in [0.05, 0.1) is 12.4 Å². The third-order valence-corrected chi connectivity index (χ3v) is 5.08. The summed E-state index contributed by atoms with van der Waals surface area (Å²) in [6.45, 7) is 8.31. The highest BCUT2D eigenvalue weighted by Crippen LogP contribution is 2.68. The molecule has 1 fully saturated rings. The molecule has 7 heteroatoms. The van der Waals surface area contributed by atoms with Crippen molar-refractivity contribution in [1.82, 2.24) is 15.2 Å². The predicted molar refractivity (Wildman–Crippen MR) is 86.0 cm³/mol. The Bertz CT molecular complexity index is 760. The van der Waals surface area contributed by atoms with Crippen LogP contribution in [0.2, 0.25) is 0 Å². The number of aromatic nitrogens is 3. The number of halogens is 1. The van der Waals surface area contributed by atoms with Gasteiger partial charge < -0.3 is 10.1 Å². The van der Waals surface area contributed by atoms with Crippen LogP contribution in [0.4, 0.5) is 10.2 Å². The van der Waals surface area contributed by atoms with Crippen molar-refractivity contribution in [2.45, 2.75) is 27.7 Å². The maximum absolute atomic E-state index is 13.1. The monoisotopic (exact) mass is 330 g/mol. The van der Waals surface area contributed by atoms with Crippen molar-refractivity contribution in [1.29, 1.82) is 0 Å². The predicted octanol–water partition coefficient (Wildman–Crippen LogP) is 3.42. The molecule has 2 aromatic rings. The minimum absolute atomic E-state index is 0.0437. The highest BCUT2D eigenvalue weighted by atomic mass is 19.1. The van der Waals surface area contributed by atoms with Gasteiger partial charge in [-0.25, -0.2) is 4.39 Å². The highest BCUT2D eigenvalue weighted by Gasteiger charge is 2.68. The molecule has 1 amide bonds. The summed E-state index contributed by atoms with van der Waals surface area (Å²) in [7, 11) is 0. The minimum atomic E-state index is -0.501. The van der Waals surface area contributed by atoms with Gasteiger partial charge in [0.2, 0.25) is 11.8 Å². The summed E-state index contributed by atoms with van der Waals surface area (Å²) in [6, 6.07) is 4.34. The van der Waals surface area contributed by atoms with Crippen LogP contribution in [0.15, 0.2) is 30.6 Å². The van der Waals surface area contributed by atoms with Crippen LogP contribution in [0.25, 0.3) is 0 Å². The van der Waals surface area contributed by atoms with Gasteiger partial charge in [-0.2, -0.15) is 0 Å². The molecule has 24 heavy (non-hydrogen) atoms. The highest BCUT2D eigenvalue weighted by molar-refractivity contribution is 5.95. The molecule has 0 atom stereocenters. The van der Waals surface area contributed by atoms with Crippen molar-refractivity contribution in [3.05, 3.63) is 36.4 Å². The third kappa shape index (κ3) is 2.81. The Morgan fingerprint density at radius 1 is 1.17 bits per heavy atom. The molecular weight excluding hydrogens is 311 g/mol. The molecule has 1 aliphatic carbocycles. The number of hydrogen-bond acceptors (Lipinski definition) is 5. The molecule has 126 valence electrons. The van der Waals surface area contributed by atoms with Crippen LogP contribution in [-0.2, 0) is 4.79 Å². The lowest BCUT2D eigenvalue weighted by Gasteiger charge is -2.07. The fourth-order valence-corrected chi connectivity index (χ4v) is 3.06. The summed E-state index contributed by atoms with van der Waals surface area (Å²) in [5, 5.41) is 10.6. The zero-order chi connectivity index (χ0) is 17.5. The van der Waals surface area contributed by atoms with Gasteiger partial charge in [0, 0.05) is 18.1 Å². The Kier molecular flexibility index (Phi) is 3.74. The first-order valence-corrected chi connectivity index (χ1v) is 7.65. The number of carbonyl (C=O) groups excluding carboxylic acids is 1. The van der Waals surface area contributed by atoms with E-state index < -0.39 is 5.82 Å². The molecule has 1 saturated carbocycles. The molecular formula is C17H19FN4O2. The van der Waals surface area contributed by atoms with E-state index in [1.54, 1.807) is 12.1 Å². The van der Waals surface area contributed by atoms with Gasteiger partial charge in [0.1, 0.15) is 5.82 Å². The van der Waals surface area contributed by atoms with E-state index in [-0.39, 0.29) is 34.3 Å². The number of amides is 1. The summed E-state index contributed by atoms with van der Waals surface area (Å²) in [5.41, 5.74) is -0.0874. The van der Waals surface area contributed by atoms with E-state index in [0.717, 1.165) is 6.20 Å². The Morgan fingerprint density at radius 3 is 2.42 bits per heavy atom. The van der Waals surface area contributed by atoms with E-state index >= 15 is 0 Å². The standard InChI is InChI=1S/C17H19FN4O2/c1-16(2)14(17(16,3)4)15(23)20-12-5-6-13(22-21-12)24-11-7-10(18)8-19-9-11/h5-9,14H,1-4H3,(H,20,21,23). The fourth-order valence-electron chi connectivity index (χ4n) is 3.06. The molecule has 0 unspecified atom stereocenters. The number of nitrogens with zero attached hydrogens (tertiary/aromatic N) is 3. The average Bonchev–Trinajstić information content (AvgIpc) is 2.91. The second kappa shape index (κ2) is 5.51. The maximum Gasteiger partial charge on any atom is 0.239 e. The van der Waals surface area contributed by atoms with E-state index in [1.807, 2.05) is 0 Å². The van der Waals surface area contributed by atoms with E-state index in [1.165, 1.54) is 12.3 Å². The largest absolute Gasteiger partial charge is 0.436 e. The fraction of sp³-hybridized carbons (Fsp3) is 0.412. The van der Waals surface area contributed by atoms with Crippen molar-refractivity contribution in [3.63, 3.8) is 0 Å². The van der Waals surface area contributed by atoms with E-state index in [4.69, 9.17) is 4.74 Å². The molecule has 2 heterocycles. The smallest absolute Gasteiger partial charge is 0.239 e. The van der Waals surface area contributed by atoms with Crippen LogP contribution in [-0.4, -0.2) is 21.1 Å². The van der Waals surface area contributed by atoms with E-state index in [9.17, 15) is 9.18 Å². The van der Waals surface area contributed by atoms with Gasteiger partial charge in [-0.3, -0.25) is 9.78 Å². The van der Waals surface area contributed by atoms with Crippen LogP contribution < -0.4 is 10.1 Å². The first-order chi connectivity index (χ1) is 11.2. The van der Waals surface area contributed by atoms with Crippen LogP contribution in [0.5, 0.6) is 11.6 Å². The normalized spacial score (nSPS) is 18.0. The number of anilines is 1. The lowest BCUT2D eigenvalue weighted by molar-refractivity contribution is -0.118. The zero-order valence-corrected chi connectivity index (χ0v) is 14.0. The first kappa shape index (κ1) is 16.3. The van der Waals surface area contributed by atoms with E-state index in [0.29, 0.717) is 5.82 Å². The number of carbonyl (C=O) groups is 1. The van der Waals surface area contributed by atoms with Gasteiger partial charge >= 0.3 is 0 Å². The van der Waals surface area contributed by atoms with Gasteiger partial charge in [-0.1, -0.05) is 27.7 Å². The zero-order valence-electron chi connectivity index (χ0n) is 14.0. The molecule has 0 saturated heterocycles. The lowest BCUT2D eigenvalue weighted by Crippen LogP contribution is -2.18. The molecule has 1 N–H and O–H groups in total. The van der Waals surface area contributed by atoms with E-state index in [2.05, 4.69) is 48.2 Å². The van der Waals surface area contributed by atoms with Crippen LogP contribution in [0.3, 0.4) is 0 Å². The van der Waals surface area contributed by atoms with Crippen molar-refractivity contribution in [3.8, 4) is 11.6 Å². The number of rotatable bonds is 4. The minimum Gasteiger partial charge on any atom is -0.436 e. The summed E-state index contributed by atoms with van der Waals surface area (Å²) in [4.78, 5) is 16.0. The number of hydrogen-bond donors (Lipinski definition) is 1. The Balaban J connectivity index is 1.64. The summed E-state index contributed by atoms with van der Waals surface area (Å²) in [5.74, 6) is 0.126. The van der Waals surface area contributed by atoms with Crippen molar-refractivity contribution < 1.29 is 13.9 Å². The van der Waals surface area contributed by atoms with Crippen molar-refractivity contribution in [2.75, 3.05) is 5.32 Å². The third-order valence-electron chi connectivity index (χ3n) is 5.08. The van der Waals surface area contributed by atoms with Gasteiger partial charge in [0.25, 0.3) is 0 Å². The van der Waals surface area contributed by atoms with Crippen LogP contribution in [0.1, 0.15) is 27.7 Å². The first-order valence-electron chi connectivity index (χ1n) is 7.65. The Morgan fingerprint density at radius 2 is 1.88 bits per heavy atom. The summed E-state index contributed by atoms with van der Waals surface area (Å²) >= 11 is 0. The summed E-state index contributed by atoms with van der Waals surface area (Å²) in [6.07, 6.45) is 2.45. The maximum atomic E-state index is 13.1. The SMILES string of the molecule is CC1(C)C(C(=O)Nc2ccc(Oc3cncc(F)c3)nn2)C1(C)C. The molecule has 0 aliphatic heterocycles. The van der Waals surface area contributed by atoms with Crippen LogP contribution in [0, 0.1) is 22.6 Å². The number of pyridine rings is 1. The topological polar surface area (TPSA) is 77.0 Å². The molecule has 1 aliphatic rings. The van der Waals surface area contributed by atoms with Gasteiger partial charge in [0.15, 0.2) is 11.6 Å². The quantitative estimate of drug-likeness (QED) is 0.929. The second-order valence-corrected chi connectivity index (χ2v) is 7.06. The van der Waals surface area contributed by atoms with Gasteiger partial charge in [-0.15, -0.1) is 10.2 Å². The van der Waals surface area contributed by atoms with Crippen LogP contribution >= 0.6 is 0 Å². The Hall–Kier alpha value is -2.57. The second-order valence-electron chi connectivity index (χ2n) is 7.06. The van der Waals surface area contributed by atoms with Crippen molar-refractivity contribution in [2.24, 2.45) is 16.7 Å². The average molecular weight is 330 g/mol. The van der Waals surface area contributed by atoms with Crippen molar-refractivity contribution >= 4 is 11.7 Å². The molecule has 0 radical (unpaired) electrons. The number of ether oxygens (including phenoxy) is 1. The summed E-state index contributed by atoms with van der Waals surface area (Å²) < 4.78 is 18.4. The molecule has 3 rings (SSSR count). The molecule has 0 bridgehead atoms. The lowest BCUT2D eigenvalue weighted by atomic mass is 10.0. The molecule has 0 spiro atoms. The molecule has 6 nitrogen and oxygen atoms in total. The van der Waals surface area contributed by atoms with Gasteiger partial charge in [-0.05, 0) is 16.9 Å². The number of nitrogens with one attached hydrogen (secondary N) is 1.